The van der Waals surface area contributed by atoms with Gasteiger partial charge in [-0.2, -0.15) is 0 Å². The Balaban J connectivity index is 1.74. The number of quaternary nitrogens is 1. The standard InChI is InChI=1S/C20H22FN3O2/c1-2-23-11-13-24(14-12-23)20(26)17-5-3-4-6-18(17)22-19(25)15-7-9-16(21)10-8-15/h3-10H,2,11-14H2,1H3,(H,22,25)/p+1. The number of piperazine rings is 1. The Kier molecular flexibility index (Phi) is 5.63. The molecular weight excluding hydrogens is 333 g/mol. The Bertz CT molecular complexity index is 784. The lowest BCUT2D eigenvalue weighted by Gasteiger charge is -2.32. The molecule has 6 heteroatoms. The van der Waals surface area contributed by atoms with Crippen LogP contribution in [-0.2, 0) is 0 Å². The summed E-state index contributed by atoms with van der Waals surface area (Å²) in [6.07, 6.45) is 0. The van der Waals surface area contributed by atoms with Gasteiger partial charge in [-0.25, -0.2) is 4.39 Å². The van der Waals surface area contributed by atoms with Crippen LogP contribution in [0.1, 0.15) is 27.6 Å². The van der Waals surface area contributed by atoms with Crippen molar-refractivity contribution in [3.05, 3.63) is 65.5 Å². The zero-order valence-corrected chi connectivity index (χ0v) is 14.8. The van der Waals surface area contributed by atoms with Crippen molar-refractivity contribution < 1.29 is 18.9 Å². The fraction of sp³-hybridized carbons (Fsp3) is 0.300. The van der Waals surface area contributed by atoms with E-state index in [1.807, 2.05) is 4.90 Å². The van der Waals surface area contributed by atoms with E-state index in [9.17, 15) is 14.0 Å². The third-order valence-corrected chi connectivity index (χ3v) is 4.77. The molecule has 2 aromatic rings. The van der Waals surface area contributed by atoms with Crippen molar-refractivity contribution >= 4 is 17.5 Å². The fourth-order valence-corrected chi connectivity index (χ4v) is 3.12. The van der Waals surface area contributed by atoms with Gasteiger partial charge in [-0.1, -0.05) is 12.1 Å². The molecule has 0 spiro atoms. The molecule has 0 radical (unpaired) electrons. The second-order valence-corrected chi connectivity index (χ2v) is 6.40. The van der Waals surface area contributed by atoms with Crippen molar-refractivity contribution in [1.82, 2.24) is 4.90 Å². The molecule has 0 unspecified atom stereocenters. The Morgan fingerprint density at radius 1 is 1.08 bits per heavy atom. The van der Waals surface area contributed by atoms with Crippen LogP contribution in [0.25, 0.3) is 0 Å². The first kappa shape index (κ1) is 18.1. The molecular formula is C20H23FN3O2+. The molecule has 0 bridgehead atoms. The van der Waals surface area contributed by atoms with Crippen LogP contribution in [0.15, 0.2) is 48.5 Å². The Hall–Kier alpha value is -2.73. The number of rotatable bonds is 4. The van der Waals surface area contributed by atoms with Gasteiger partial charge in [0.25, 0.3) is 11.8 Å². The van der Waals surface area contributed by atoms with Crippen LogP contribution in [0.4, 0.5) is 10.1 Å². The van der Waals surface area contributed by atoms with Crippen LogP contribution in [0.3, 0.4) is 0 Å². The summed E-state index contributed by atoms with van der Waals surface area (Å²) in [5.41, 5.74) is 1.29. The van der Waals surface area contributed by atoms with Gasteiger partial charge in [0.15, 0.2) is 0 Å². The van der Waals surface area contributed by atoms with Crippen LogP contribution in [0.2, 0.25) is 0 Å². The maximum Gasteiger partial charge on any atom is 0.256 e. The molecule has 0 aliphatic carbocycles. The molecule has 2 amide bonds. The van der Waals surface area contributed by atoms with Crippen LogP contribution >= 0.6 is 0 Å². The number of nitrogens with zero attached hydrogens (tertiary/aromatic N) is 1. The lowest BCUT2D eigenvalue weighted by Crippen LogP contribution is -3.14. The summed E-state index contributed by atoms with van der Waals surface area (Å²) in [6, 6.07) is 12.3. The zero-order chi connectivity index (χ0) is 18.5. The largest absolute Gasteiger partial charge is 0.332 e. The van der Waals surface area contributed by atoms with Gasteiger partial charge in [-0.05, 0) is 43.3 Å². The average Bonchev–Trinajstić information content (AvgIpc) is 2.68. The zero-order valence-electron chi connectivity index (χ0n) is 14.8. The predicted molar refractivity (Wildman–Crippen MR) is 97.9 cm³/mol. The molecule has 1 aliphatic rings. The number of halogens is 1. The third-order valence-electron chi connectivity index (χ3n) is 4.77. The lowest BCUT2D eigenvalue weighted by molar-refractivity contribution is -0.902. The summed E-state index contributed by atoms with van der Waals surface area (Å²) in [7, 11) is 0. The van der Waals surface area contributed by atoms with Crippen molar-refractivity contribution in [3.8, 4) is 0 Å². The fourth-order valence-electron chi connectivity index (χ4n) is 3.12. The van der Waals surface area contributed by atoms with Crippen LogP contribution in [-0.4, -0.2) is 49.4 Å². The van der Waals surface area contributed by atoms with Gasteiger partial charge in [-0.15, -0.1) is 0 Å². The molecule has 0 atom stereocenters. The number of carbonyl (C=O) groups excluding carboxylic acids is 2. The van der Waals surface area contributed by atoms with E-state index < -0.39 is 5.82 Å². The van der Waals surface area contributed by atoms with E-state index in [-0.39, 0.29) is 11.8 Å². The summed E-state index contributed by atoms with van der Waals surface area (Å²) in [5.74, 6) is -0.842. The number of amides is 2. The number of likely N-dealkylation sites (N-methyl/N-ethyl adjacent to an activating group) is 1. The molecule has 1 heterocycles. The van der Waals surface area contributed by atoms with E-state index in [0.717, 1.165) is 19.6 Å². The van der Waals surface area contributed by atoms with Crippen molar-refractivity contribution in [2.45, 2.75) is 6.92 Å². The number of benzene rings is 2. The summed E-state index contributed by atoms with van der Waals surface area (Å²) < 4.78 is 13.0. The monoisotopic (exact) mass is 356 g/mol. The quantitative estimate of drug-likeness (QED) is 0.871. The van der Waals surface area contributed by atoms with Gasteiger partial charge < -0.3 is 15.1 Å². The second kappa shape index (κ2) is 8.10. The first-order valence-electron chi connectivity index (χ1n) is 8.87. The first-order chi connectivity index (χ1) is 12.6. The van der Waals surface area contributed by atoms with E-state index in [0.29, 0.717) is 29.9 Å². The van der Waals surface area contributed by atoms with Crippen molar-refractivity contribution in [2.75, 3.05) is 38.0 Å². The first-order valence-corrected chi connectivity index (χ1v) is 8.87. The van der Waals surface area contributed by atoms with Gasteiger partial charge in [0.2, 0.25) is 0 Å². The number of anilines is 1. The van der Waals surface area contributed by atoms with Gasteiger partial charge in [-0.3, -0.25) is 9.59 Å². The SMILES string of the molecule is CC[NH+]1CCN(C(=O)c2ccccc2NC(=O)c2ccc(F)cc2)CC1. The number of hydrogen-bond acceptors (Lipinski definition) is 2. The number of hydrogen-bond donors (Lipinski definition) is 2. The molecule has 0 aromatic heterocycles. The smallest absolute Gasteiger partial charge is 0.256 e. The van der Waals surface area contributed by atoms with Gasteiger partial charge in [0.1, 0.15) is 5.82 Å². The molecule has 1 saturated heterocycles. The second-order valence-electron chi connectivity index (χ2n) is 6.40. The predicted octanol–water partition coefficient (Wildman–Crippen LogP) is 1.44. The van der Waals surface area contributed by atoms with E-state index in [4.69, 9.17) is 0 Å². The molecule has 3 rings (SSSR count). The number of para-hydroxylation sites is 1. The van der Waals surface area contributed by atoms with Crippen molar-refractivity contribution in [3.63, 3.8) is 0 Å². The maximum atomic E-state index is 13.0. The summed E-state index contributed by atoms with van der Waals surface area (Å²) in [6.45, 7) is 6.50. The maximum absolute atomic E-state index is 13.0. The molecule has 136 valence electrons. The average molecular weight is 356 g/mol. The van der Waals surface area contributed by atoms with Gasteiger partial charge in [0.05, 0.1) is 44.0 Å². The summed E-state index contributed by atoms with van der Waals surface area (Å²) in [5, 5.41) is 2.77. The highest BCUT2D eigenvalue weighted by molar-refractivity contribution is 6.09. The highest BCUT2D eigenvalue weighted by Crippen LogP contribution is 2.19. The van der Waals surface area contributed by atoms with Crippen molar-refractivity contribution in [1.29, 1.82) is 0 Å². The molecule has 26 heavy (non-hydrogen) atoms. The third kappa shape index (κ3) is 4.08. The summed E-state index contributed by atoms with van der Waals surface area (Å²) in [4.78, 5) is 28.6. The highest BCUT2D eigenvalue weighted by Gasteiger charge is 2.25. The minimum Gasteiger partial charge on any atom is -0.332 e. The Morgan fingerprint density at radius 2 is 1.73 bits per heavy atom. The van der Waals surface area contributed by atoms with Crippen molar-refractivity contribution in [2.24, 2.45) is 0 Å². The van der Waals surface area contributed by atoms with Crippen LogP contribution in [0.5, 0.6) is 0 Å². The van der Waals surface area contributed by atoms with E-state index in [2.05, 4.69) is 12.2 Å². The Labute approximate surface area is 152 Å². The topological polar surface area (TPSA) is 53.9 Å². The molecule has 2 aromatic carbocycles. The molecule has 1 fully saturated rings. The molecule has 1 aliphatic heterocycles. The minimum absolute atomic E-state index is 0.0739. The molecule has 2 N–H and O–H groups in total. The highest BCUT2D eigenvalue weighted by atomic mass is 19.1. The molecule has 0 saturated carbocycles. The normalized spacial score (nSPS) is 14.9. The Morgan fingerprint density at radius 3 is 2.38 bits per heavy atom. The van der Waals surface area contributed by atoms with Crippen LogP contribution in [0, 0.1) is 5.82 Å². The summed E-state index contributed by atoms with van der Waals surface area (Å²) >= 11 is 0. The van der Waals surface area contributed by atoms with E-state index in [1.54, 1.807) is 24.3 Å². The van der Waals surface area contributed by atoms with E-state index in [1.165, 1.54) is 29.2 Å². The lowest BCUT2D eigenvalue weighted by atomic mass is 10.1. The van der Waals surface area contributed by atoms with E-state index >= 15 is 0 Å². The number of carbonyl (C=O) groups is 2. The minimum atomic E-state index is -0.398. The molecule has 5 nitrogen and oxygen atoms in total. The number of nitrogens with one attached hydrogen (secondary N) is 2. The van der Waals surface area contributed by atoms with Gasteiger partial charge in [0, 0.05) is 5.56 Å². The van der Waals surface area contributed by atoms with Gasteiger partial charge >= 0.3 is 0 Å². The van der Waals surface area contributed by atoms with Crippen LogP contribution < -0.4 is 10.2 Å².